The average Bonchev–Trinajstić information content (AvgIpc) is 3.48. The Kier molecular flexibility index (Phi) is 6.65. The van der Waals surface area contributed by atoms with Gasteiger partial charge in [-0.3, -0.25) is 0 Å². The molecular formula is C32H30BrCl2SiZr. The van der Waals surface area contributed by atoms with Crippen molar-refractivity contribution < 1.29 is 15.6 Å². The van der Waals surface area contributed by atoms with Gasteiger partial charge in [0.05, 0.1) is 0 Å². The molecular weight excluding hydrogens is 654 g/mol. The molecule has 4 aromatic rings. The molecule has 0 aliphatic heterocycles. The minimum absolute atomic E-state index is 0.106. The summed E-state index contributed by atoms with van der Waals surface area (Å²) in [5, 5.41) is 0. The topological polar surface area (TPSA) is 0 Å². The van der Waals surface area contributed by atoms with E-state index in [1.165, 1.54) is 53.4 Å². The number of allylic oxidation sites excluding steroid dienone is 1. The van der Waals surface area contributed by atoms with Crippen LogP contribution < -0.4 is 3.27 Å². The summed E-state index contributed by atoms with van der Waals surface area (Å²) in [4.78, 5) is 0. The van der Waals surface area contributed by atoms with Crippen molar-refractivity contribution in [2.75, 3.05) is 0 Å². The number of benzene rings is 4. The van der Waals surface area contributed by atoms with Crippen LogP contribution in [0.2, 0.25) is 13.1 Å². The quantitative estimate of drug-likeness (QED) is 0.162. The Labute approximate surface area is 237 Å². The number of rotatable bonds is 5. The maximum atomic E-state index is 8.31. The number of halogens is 3. The Balaban J connectivity index is 1.61. The van der Waals surface area contributed by atoms with Crippen molar-refractivity contribution >= 4 is 48.2 Å². The summed E-state index contributed by atoms with van der Waals surface area (Å²) >= 11 is -0.877. The van der Waals surface area contributed by atoms with Gasteiger partial charge in [-0.05, 0) is 0 Å². The van der Waals surface area contributed by atoms with Gasteiger partial charge in [0.1, 0.15) is 0 Å². The molecule has 2 aliphatic carbocycles. The van der Waals surface area contributed by atoms with Gasteiger partial charge in [-0.15, -0.1) is 0 Å². The van der Waals surface area contributed by atoms with Crippen molar-refractivity contribution in [2.45, 2.75) is 36.5 Å². The second-order valence-corrected chi connectivity index (χ2v) is 53.1. The van der Waals surface area contributed by atoms with Crippen LogP contribution in [0.4, 0.5) is 0 Å². The van der Waals surface area contributed by atoms with Gasteiger partial charge in [-0.2, -0.15) is 0 Å². The van der Waals surface area contributed by atoms with Crippen LogP contribution in [0.15, 0.2) is 95.0 Å². The molecule has 0 amide bonds. The minimum atomic E-state index is -4.67. The van der Waals surface area contributed by atoms with Gasteiger partial charge < -0.3 is 0 Å². The van der Waals surface area contributed by atoms with Crippen molar-refractivity contribution in [2.24, 2.45) is 0 Å². The van der Waals surface area contributed by atoms with E-state index in [0.29, 0.717) is 0 Å². The van der Waals surface area contributed by atoms with E-state index in [0.717, 1.165) is 17.3 Å². The van der Waals surface area contributed by atoms with E-state index in [4.69, 9.17) is 17.0 Å². The molecule has 1 atom stereocenters. The zero-order valence-corrected chi connectivity index (χ0v) is 28.1. The molecule has 0 saturated carbocycles. The van der Waals surface area contributed by atoms with Crippen molar-refractivity contribution in [1.82, 2.24) is 0 Å². The normalized spacial score (nSPS) is 17.1. The molecule has 0 spiro atoms. The monoisotopic (exact) mass is 681 g/mol. The Morgan fingerprint density at radius 3 is 2.19 bits per heavy atom. The van der Waals surface area contributed by atoms with E-state index in [-0.39, 0.29) is 3.63 Å². The Bertz CT molecular complexity index is 1590. The first kappa shape index (κ1) is 26.0. The van der Waals surface area contributed by atoms with E-state index < -0.39 is 21.5 Å². The number of fused-ring (bicyclic) bond motifs is 4. The fraction of sp³-hybridized carbons (Fsp3) is 0.188. The van der Waals surface area contributed by atoms with Crippen LogP contribution in [0.25, 0.3) is 28.3 Å². The molecule has 187 valence electrons. The summed E-state index contributed by atoms with van der Waals surface area (Å²) in [5.41, 5.74) is 11.9. The number of hydrogen-bond acceptors (Lipinski definition) is 0. The van der Waals surface area contributed by atoms with E-state index >= 15 is 0 Å². The SMILES string of the molecule is CCC1=Cc2c(-c3ccccc3Br)cccc2[CH]1[Zr]([Cl])([Cl])([c]1cccc2c1Cc1ccccc1-2)[SiH](C)C. The summed E-state index contributed by atoms with van der Waals surface area (Å²) in [6.45, 7) is 7.06. The van der Waals surface area contributed by atoms with Crippen molar-refractivity contribution in [1.29, 1.82) is 0 Å². The third kappa shape index (κ3) is 3.83. The standard InChI is InChI=1S/C17H14Br.C13H9.C2H7Si.2ClH.Zr/c1-2-12-10-13-6-5-8-14(16(13)11-12)15-7-3-4-9-17(15)18;1-3-7-12-10(5-1)9-11-6-2-4-8-13(11)12;1-3-2;;;/h3-11H,2H2,1H3;1-5,7-8H,9H2;3H,1-2H3;2*1H;/q;;;;;+2/p-2. The van der Waals surface area contributed by atoms with Gasteiger partial charge in [0.15, 0.2) is 0 Å². The predicted molar refractivity (Wildman–Crippen MR) is 165 cm³/mol. The third-order valence-corrected chi connectivity index (χ3v) is 59.3. The van der Waals surface area contributed by atoms with E-state index in [1.54, 1.807) is 0 Å². The molecule has 0 N–H and O–H groups in total. The van der Waals surface area contributed by atoms with Crippen molar-refractivity contribution in [3.8, 4) is 22.3 Å². The molecule has 1 unspecified atom stereocenters. The predicted octanol–water partition coefficient (Wildman–Crippen LogP) is 9.84. The molecule has 5 heteroatoms. The van der Waals surface area contributed by atoms with Crippen LogP contribution in [0.5, 0.6) is 0 Å². The van der Waals surface area contributed by atoms with Crippen LogP contribution in [0, 0.1) is 0 Å². The summed E-state index contributed by atoms with van der Waals surface area (Å²) in [6.07, 6.45) is 4.30. The van der Waals surface area contributed by atoms with Crippen molar-refractivity contribution in [3.63, 3.8) is 0 Å². The van der Waals surface area contributed by atoms with Gasteiger partial charge >= 0.3 is 240 Å². The molecule has 0 aromatic heterocycles. The van der Waals surface area contributed by atoms with Gasteiger partial charge in [0, 0.05) is 0 Å². The van der Waals surface area contributed by atoms with Crippen LogP contribution in [-0.2, 0) is 22.0 Å². The van der Waals surface area contributed by atoms with Crippen LogP contribution in [0.3, 0.4) is 0 Å². The second-order valence-electron chi connectivity index (χ2n) is 10.8. The molecule has 4 aromatic carbocycles. The van der Waals surface area contributed by atoms with E-state index in [2.05, 4.69) is 127 Å². The van der Waals surface area contributed by atoms with Gasteiger partial charge in [-0.1, -0.05) is 0 Å². The maximum absolute atomic E-state index is 8.31. The molecule has 37 heavy (non-hydrogen) atoms. The third-order valence-electron chi connectivity index (χ3n) is 8.68. The molecule has 0 radical (unpaired) electrons. The van der Waals surface area contributed by atoms with Gasteiger partial charge in [0.25, 0.3) is 0 Å². The summed E-state index contributed by atoms with van der Waals surface area (Å²) in [7, 11) is 16.6. The fourth-order valence-electron chi connectivity index (χ4n) is 6.71. The first-order valence-corrected chi connectivity index (χ1v) is 30.0. The molecule has 0 heterocycles. The zero-order valence-electron chi connectivity index (χ0n) is 21.4. The molecule has 0 bridgehead atoms. The molecule has 2 aliphatic rings. The fourth-order valence-corrected chi connectivity index (χ4v) is 35.2. The Morgan fingerprint density at radius 2 is 1.46 bits per heavy atom. The molecule has 0 nitrogen and oxygen atoms in total. The van der Waals surface area contributed by atoms with Crippen molar-refractivity contribution in [3.05, 3.63) is 117 Å². The molecule has 0 saturated heterocycles. The van der Waals surface area contributed by atoms with Crippen LogP contribution in [-0.4, -0.2) is 5.92 Å². The number of hydrogen-bond donors (Lipinski definition) is 0. The first-order chi connectivity index (χ1) is 17.7. The summed E-state index contributed by atoms with van der Waals surface area (Å²) in [6, 6.07) is 30.8. The van der Waals surface area contributed by atoms with Crippen LogP contribution in [0.1, 0.15) is 39.2 Å². The average molecular weight is 685 g/mol. The zero-order chi connectivity index (χ0) is 26.0. The Hall–Kier alpha value is -1.22. The Morgan fingerprint density at radius 1 is 0.811 bits per heavy atom. The summed E-state index contributed by atoms with van der Waals surface area (Å²) in [5.74, 6) is -1.55. The van der Waals surface area contributed by atoms with E-state index in [1.807, 2.05) is 0 Å². The first-order valence-electron chi connectivity index (χ1n) is 13.1. The van der Waals surface area contributed by atoms with Gasteiger partial charge in [0.2, 0.25) is 0 Å². The molecule has 0 fully saturated rings. The van der Waals surface area contributed by atoms with Crippen LogP contribution >= 0.6 is 33.0 Å². The van der Waals surface area contributed by atoms with E-state index in [9.17, 15) is 0 Å². The molecule has 6 rings (SSSR count). The van der Waals surface area contributed by atoms with Gasteiger partial charge in [-0.25, -0.2) is 0 Å². The second kappa shape index (κ2) is 9.46. The summed E-state index contributed by atoms with van der Waals surface area (Å²) < 4.78 is 2.52.